The highest BCUT2D eigenvalue weighted by Gasteiger charge is 2.37. The van der Waals surface area contributed by atoms with E-state index in [1.165, 1.54) is 0 Å². The molecule has 6 heteroatoms. The molecule has 0 aliphatic carbocycles. The van der Waals surface area contributed by atoms with E-state index < -0.39 is 11.7 Å². The van der Waals surface area contributed by atoms with Crippen molar-refractivity contribution in [1.29, 1.82) is 0 Å². The topological polar surface area (TPSA) is 68.2 Å². The van der Waals surface area contributed by atoms with Crippen molar-refractivity contribution in [2.75, 3.05) is 27.0 Å². The van der Waals surface area contributed by atoms with Crippen LogP contribution in [0.1, 0.15) is 53.4 Å². The molecule has 1 heterocycles. The van der Waals surface area contributed by atoms with Crippen molar-refractivity contribution in [3.8, 4) is 0 Å². The number of carbonyl (C=O) groups excluding carboxylic acids is 1. The van der Waals surface area contributed by atoms with Gasteiger partial charge in [0.15, 0.2) is 0 Å². The van der Waals surface area contributed by atoms with Gasteiger partial charge in [-0.05, 0) is 33.6 Å². The van der Waals surface area contributed by atoms with Crippen LogP contribution in [0.25, 0.3) is 0 Å². The molecule has 1 rings (SSSR count). The second-order valence-corrected chi connectivity index (χ2v) is 7.20. The fourth-order valence-corrected chi connectivity index (χ4v) is 2.81. The van der Waals surface area contributed by atoms with Gasteiger partial charge < -0.3 is 24.2 Å². The predicted molar refractivity (Wildman–Crippen MR) is 88.2 cm³/mol. The summed E-state index contributed by atoms with van der Waals surface area (Å²) in [5.74, 6) is -0.113. The number of hydrogen-bond donors (Lipinski definition) is 1. The summed E-state index contributed by atoms with van der Waals surface area (Å²) < 4.78 is 16.2. The van der Waals surface area contributed by atoms with E-state index in [-0.39, 0.29) is 24.9 Å². The van der Waals surface area contributed by atoms with Crippen molar-refractivity contribution in [3.05, 3.63) is 0 Å². The first-order chi connectivity index (χ1) is 10.8. The van der Waals surface area contributed by atoms with E-state index in [1.807, 2.05) is 20.8 Å². The third kappa shape index (κ3) is 7.06. The Labute approximate surface area is 140 Å². The lowest BCUT2D eigenvalue weighted by molar-refractivity contribution is -0.126. The number of unbranched alkanes of at least 4 members (excludes halogenated alkanes) is 1. The van der Waals surface area contributed by atoms with Crippen LogP contribution >= 0.6 is 0 Å². The molecule has 3 atom stereocenters. The van der Waals surface area contributed by atoms with Crippen LogP contribution in [0, 0.1) is 5.92 Å². The van der Waals surface area contributed by atoms with Gasteiger partial charge in [0.2, 0.25) is 0 Å². The molecule has 1 saturated heterocycles. The van der Waals surface area contributed by atoms with Gasteiger partial charge in [-0.3, -0.25) is 0 Å². The number of likely N-dealkylation sites (tertiary alicyclic amines) is 1. The van der Waals surface area contributed by atoms with Gasteiger partial charge in [-0.15, -0.1) is 0 Å². The molecule has 0 bridgehead atoms. The number of nitrogens with zero attached hydrogens (tertiary/aromatic N) is 1. The van der Waals surface area contributed by atoms with E-state index in [4.69, 9.17) is 14.2 Å². The lowest BCUT2D eigenvalue weighted by atomic mass is 9.87. The third-order valence-electron chi connectivity index (χ3n) is 3.99. The molecule has 136 valence electrons. The molecule has 0 aromatic heterocycles. The molecule has 3 unspecified atom stereocenters. The fraction of sp³-hybridized carbons (Fsp3) is 0.941. The number of ether oxygens (including phenoxy) is 3. The molecule has 23 heavy (non-hydrogen) atoms. The lowest BCUT2D eigenvalue weighted by Gasteiger charge is -2.40. The first-order valence-corrected chi connectivity index (χ1v) is 8.55. The van der Waals surface area contributed by atoms with Crippen LogP contribution in [-0.2, 0) is 14.2 Å². The average Bonchev–Trinajstić information content (AvgIpc) is 2.46. The number of aliphatic hydroxyl groups excluding tert-OH is 1. The summed E-state index contributed by atoms with van der Waals surface area (Å²) >= 11 is 0. The summed E-state index contributed by atoms with van der Waals surface area (Å²) in [5, 5.41) is 10.4. The number of methoxy groups -OCH3 is 1. The van der Waals surface area contributed by atoms with Gasteiger partial charge in [0.25, 0.3) is 0 Å². The second-order valence-electron chi connectivity index (χ2n) is 7.20. The van der Waals surface area contributed by atoms with Crippen LogP contribution < -0.4 is 0 Å². The van der Waals surface area contributed by atoms with Crippen LogP contribution in [0.3, 0.4) is 0 Å². The van der Waals surface area contributed by atoms with Gasteiger partial charge in [-0.2, -0.15) is 0 Å². The Hall–Kier alpha value is -0.850. The minimum absolute atomic E-state index is 0.113. The van der Waals surface area contributed by atoms with Crippen LogP contribution in [0.5, 0.6) is 0 Å². The van der Waals surface area contributed by atoms with Crippen molar-refractivity contribution < 1.29 is 24.1 Å². The fourth-order valence-electron chi connectivity index (χ4n) is 2.81. The average molecular weight is 331 g/mol. The minimum Gasteiger partial charge on any atom is -0.444 e. The Balaban J connectivity index is 2.71. The van der Waals surface area contributed by atoms with Crippen molar-refractivity contribution in [2.45, 2.75) is 71.2 Å². The maximum Gasteiger partial charge on any atom is 0.410 e. The zero-order valence-electron chi connectivity index (χ0n) is 15.2. The Kier molecular flexibility index (Phi) is 8.29. The van der Waals surface area contributed by atoms with Gasteiger partial charge in [0.1, 0.15) is 12.4 Å². The zero-order chi connectivity index (χ0) is 17.5. The number of amides is 1. The number of aliphatic hydroxyl groups is 1. The summed E-state index contributed by atoms with van der Waals surface area (Å²) in [4.78, 5) is 14.0. The molecule has 0 spiro atoms. The zero-order valence-corrected chi connectivity index (χ0v) is 15.2. The highest BCUT2D eigenvalue weighted by Crippen LogP contribution is 2.26. The molecule has 1 aliphatic heterocycles. The van der Waals surface area contributed by atoms with Crippen LogP contribution in [-0.4, -0.2) is 60.9 Å². The summed E-state index contributed by atoms with van der Waals surface area (Å²) in [5.41, 5.74) is -0.517. The van der Waals surface area contributed by atoms with Crippen LogP contribution in [0.2, 0.25) is 0 Å². The van der Waals surface area contributed by atoms with Crippen molar-refractivity contribution in [2.24, 2.45) is 5.92 Å². The Morgan fingerprint density at radius 2 is 2.09 bits per heavy atom. The number of piperidine rings is 1. The quantitative estimate of drug-likeness (QED) is 0.727. The number of rotatable bonds is 7. The van der Waals surface area contributed by atoms with Gasteiger partial charge in [0, 0.05) is 26.1 Å². The van der Waals surface area contributed by atoms with Crippen molar-refractivity contribution in [3.63, 3.8) is 0 Å². The van der Waals surface area contributed by atoms with E-state index in [2.05, 4.69) is 6.92 Å². The molecule has 0 aromatic rings. The van der Waals surface area contributed by atoms with E-state index in [0.29, 0.717) is 19.5 Å². The van der Waals surface area contributed by atoms with Crippen LogP contribution in [0.15, 0.2) is 0 Å². The van der Waals surface area contributed by atoms with Gasteiger partial charge in [-0.25, -0.2) is 4.79 Å². The molecular formula is C17H33NO5. The van der Waals surface area contributed by atoms with Gasteiger partial charge in [0.05, 0.1) is 12.2 Å². The summed E-state index contributed by atoms with van der Waals surface area (Å²) in [6, 6.07) is 0. The Morgan fingerprint density at radius 3 is 2.65 bits per heavy atom. The van der Waals surface area contributed by atoms with E-state index in [1.54, 1.807) is 12.0 Å². The first-order valence-electron chi connectivity index (χ1n) is 8.55. The maximum absolute atomic E-state index is 12.3. The largest absolute Gasteiger partial charge is 0.444 e. The smallest absolute Gasteiger partial charge is 0.410 e. The SMILES string of the molecule is CCCCC(OCOC)C1CN(C(=O)OC(C)(C)C)CCC1O. The highest BCUT2D eigenvalue weighted by molar-refractivity contribution is 5.68. The van der Waals surface area contributed by atoms with Gasteiger partial charge in [-0.1, -0.05) is 19.8 Å². The molecule has 1 N–H and O–H groups in total. The summed E-state index contributed by atoms with van der Waals surface area (Å²) in [7, 11) is 1.58. The van der Waals surface area contributed by atoms with E-state index >= 15 is 0 Å². The molecular weight excluding hydrogens is 298 g/mol. The third-order valence-corrected chi connectivity index (χ3v) is 3.99. The first kappa shape index (κ1) is 20.2. The predicted octanol–water partition coefficient (Wildman–Crippen LogP) is 2.78. The Bertz CT molecular complexity index is 347. The Morgan fingerprint density at radius 1 is 1.39 bits per heavy atom. The number of hydrogen-bond acceptors (Lipinski definition) is 5. The van der Waals surface area contributed by atoms with Gasteiger partial charge >= 0.3 is 6.09 Å². The lowest BCUT2D eigenvalue weighted by Crippen LogP contribution is -2.51. The molecule has 6 nitrogen and oxygen atoms in total. The minimum atomic E-state index is -0.517. The van der Waals surface area contributed by atoms with E-state index in [9.17, 15) is 9.90 Å². The standard InChI is InChI=1S/C17H33NO5/c1-6-7-8-15(22-12-21-5)13-11-18(10-9-14(13)19)16(20)23-17(2,3)4/h13-15,19H,6-12H2,1-5H3. The molecule has 1 amide bonds. The maximum atomic E-state index is 12.3. The second kappa shape index (κ2) is 9.45. The highest BCUT2D eigenvalue weighted by atomic mass is 16.7. The molecule has 1 fully saturated rings. The normalized spacial score (nSPS) is 23.7. The van der Waals surface area contributed by atoms with Crippen LogP contribution in [0.4, 0.5) is 4.79 Å². The monoisotopic (exact) mass is 331 g/mol. The molecule has 0 aromatic carbocycles. The number of carbonyl (C=O) groups is 1. The molecule has 0 radical (unpaired) electrons. The summed E-state index contributed by atoms with van der Waals surface area (Å²) in [6.07, 6.45) is 2.57. The van der Waals surface area contributed by atoms with Crippen molar-refractivity contribution >= 4 is 6.09 Å². The summed E-state index contributed by atoms with van der Waals surface area (Å²) in [6.45, 7) is 8.85. The van der Waals surface area contributed by atoms with Crippen molar-refractivity contribution in [1.82, 2.24) is 4.90 Å². The molecule has 1 aliphatic rings. The van der Waals surface area contributed by atoms with E-state index in [0.717, 1.165) is 19.3 Å². The molecule has 0 saturated carbocycles.